The summed E-state index contributed by atoms with van der Waals surface area (Å²) in [6.45, 7) is 7.13. The van der Waals surface area contributed by atoms with Gasteiger partial charge in [-0.2, -0.15) is 0 Å². The van der Waals surface area contributed by atoms with Gasteiger partial charge in [-0.1, -0.05) is 76.6 Å². The number of rotatable bonds is 25. The summed E-state index contributed by atoms with van der Waals surface area (Å²) in [4.78, 5) is 8.43. The SMILES string of the molecule is CCCCCCc1cc(-c2sc(Br)cc2CCOCc2ccc(OC)cc2)sc1-c1sc(-c2sc(Br)cc2CCOCc2ccc(OC)cc2)cc1CCCCCC. The van der Waals surface area contributed by atoms with Gasteiger partial charge in [0.05, 0.1) is 48.2 Å². The maximum Gasteiger partial charge on any atom is 0.118 e. The second-order valence-corrected chi connectivity index (χ2v) is 21.6. The topological polar surface area (TPSA) is 36.9 Å². The third kappa shape index (κ3) is 12.9. The summed E-state index contributed by atoms with van der Waals surface area (Å²) in [7, 11) is 3.40. The quantitative estimate of drug-likeness (QED) is 0.0536. The molecule has 310 valence electrons. The third-order valence-corrected chi connectivity index (χ3v) is 16.6. The number of hydrogen-bond donors (Lipinski definition) is 0. The van der Waals surface area contributed by atoms with Crippen molar-refractivity contribution in [3.8, 4) is 40.8 Å². The van der Waals surface area contributed by atoms with Crippen LogP contribution in [0.1, 0.15) is 98.6 Å². The monoisotopic (exact) mass is 982 g/mol. The lowest BCUT2D eigenvalue weighted by Gasteiger charge is -2.06. The third-order valence-electron chi connectivity index (χ3n) is 10.3. The fourth-order valence-electron chi connectivity index (χ4n) is 7.09. The van der Waals surface area contributed by atoms with Crippen LogP contribution in [0.15, 0.2) is 80.4 Å². The van der Waals surface area contributed by atoms with E-state index < -0.39 is 0 Å². The highest BCUT2D eigenvalue weighted by molar-refractivity contribution is 9.11. The molecule has 6 aromatic rings. The maximum atomic E-state index is 6.20. The Balaban J connectivity index is 1.25. The van der Waals surface area contributed by atoms with Crippen LogP contribution in [0, 0.1) is 0 Å². The van der Waals surface area contributed by atoms with Gasteiger partial charge in [-0.3, -0.25) is 0 Å². The first kappa shape index (κ1) is 45.3. The van der Waals surface area contributed by atoms with E-state index in [2.05, 4.69) is 94.2 Å². The van der Waals surface area contributed by atoms with Crippen LogP contribution < -0.4 is 9.47 Å². The maximum absolute atomic E-state index is 6.20. The predicted octanol–water partition coefficient (Wildman–Crippen LogP) is 16.2. The Morgan fingerprint density at radius 1 is 0.448 bits per heavy atom. The first-order chi connectivity index (χ1) is 28.4. The number of unbranched alkanes of at least 4 members (excludes halogenated alkanes) is 6. The van der Waals surface area contributed by atoms with Crippen molar-refractivity contribution in [1.82, 2.24) is 0 Å². The molecule has 0 saturated carbocycles. The van der Waals surface area contributed by atoms with E-state index in [0.29, 0.717) is 26.4 Å². The van der Waals surface area contributed by atoms with Crippen molar-refractivity contribution in [3.05, 3.63) is 114 Å². The molecular weight excluding hydrogens is 929 g/mol. The Morgan fingerprint density at radius 2 is 0.845 bits per heavy atom. The van der Waals surface area contributed by atoms with E-state index >= 15 is 0 Å². The fraction of sp³-hybridized carbons (Fsp3) is 0.417. The van der Waals surface area contributed by atoms with Gasteiger partial charge >= 0.3 is 0 Å². The van der Waals surface area contributed by atoms with Crippen LogP contribution in [0.5, 0.6) is 11.5 Å². The highest BCUT2D eigenvalue weighted by atomic mass is 79.9. The minimum Gasteiger partial charge on any atom is -0.497 e. The van der Waals surface area contributed by atoms with Crippen molar-refractivity contribution in [2.45, 2.75) is 104 Å². The Morgan fingerprint density at radius 3 is 1.22 bits per heavy atom. The molecule has 0 aliphatic rings. The average Bonchev–Trinajstić information content (AvgIpc) is 4.03. The largest absolute Gasteiger partial charge is 0.497 e. The van der Waals surface area contributed by atoms with Gasteiger partial charge in [-0.25, -0.2) is 0 Å². The molecule has 0 aliphatic heterocycles. The Kier molecular flexibility index (Phi) is 18.4. The zero-order valence-corrected chi connectivity index (χ0v) is 40.7. The van der Waals surface area contributed by atoms with E-state index in [4.69, 9.17) is 18.9 Å². The van der Waals surface area contributed by atoms with E-state index in [1.54, 1.807) is 14.2 Å². The molecule has 0 radical (unpaired) electrons. The number of benzene rings is 2. The summed E-state index contributed by atoms with van der Waals surface area (Å²) in [5.41, 5.74) is 8.03. The minimum absolute atomic E-state index is 0.594. The van der Waals surface area contributed by atoms with Crippen molar-refractivity contribution in [2.24, 2.45) is 0 Å². The minimum atomic E-state index is 0.594. The summed E-state index contributed by atoms with van der Waals surface area (Å²) >= 11 is 15.4. The van der Waals surface area contributed by atoms with E-state index in [1.807, 2.05) is 69.6 Å². The second-order valence-electron chi connectivity index (χ2n) is 14.7. The number of ether oxygens (including phenoxy) is 4. The molecule has 0 atom stereocenters. The highest BCUT2D eigenvalue weighted by Gasteiger charge is 2.23. The molecule has 0 aliphatic carbocycles. The Labute approximate surface area is 379 Å². The molecule has 0 amide bonds. The molecule has 6 rings (SSSR count). The van der Waals surface area contributed by atoms with Gasteiger partial charge in [0.2, 0.25) is 0 Å². The zero-order chi connectivity index (χ0) is 40.7. The molecule has 0 fully saturated rings. The van der Waals surface area contributed by atoms with E-state index in [0.717, 1.165) is 48.3 Å². The van der Waals surface area contributed by atoms with Crippen molar-refractivity contribution < 1.29 is 18.9 Å². The predicted molar refractivity (Wildman–Crippen MR) is 258 cm³/mol. The van der Waals surface area contributed by atoms with Crippen LogP contribution in [-0.2, 0) is 48.4 Å². The molecular formula is C48H56Br2O4S4. The van der Waals surface area contributed by atoms with Gasteiger partial charge in [0.1, 0.15) is 11.5 Å². The standard InChI is InChI=1S/C48H56Br2O4S4/c1-5-7-9-11-13-35-27-41(45-37(29-43(49)57-45)23-25-53-31-33-15-19-39(51-3)20-16-33)55-47(35)48-36(14-12-10-8-6-2)28-42(56-48)46-38(30-44(50)58-46)24-26-54-32-34-17-21-40(52-4)22-18-34/h15-22,27-30H,5-14,23-26,31-32H2,1-4H3. The molecule has 0 bridgehead atoms. The van der Waals surface area contributed by atoms with Gasteiger partial charge in [-0.15, -0.1) is 45.3 Å². The van der Waals surface area contributed by atoms with E-state index in [9.17, 15) is 0 Å². The lowest BCUT2D eigenvalue weighted by Crippen LogP contribution is -1.99. The van der Waals surface area contributed by atoms with Crippen molar-refractivity contribution >= 4 is 77.2 Å². The molecule has 0 spiro atoms. The van der Waals surface area contributed by atoms with Crippen molar-refractivity contribution in [2.75, 3.05) is 27.4 Å². The Hall–Kier alpha value is -2.28. The summed E-state index contributed by atoms with van der Waals surface area (Å²) in [6, 6.07) is 25.9. The summed E-state index contributed by atoms with van der Waals surface area (Å²) < 4.78 is 25.4. The van der Waals surface area contributed by atoms with Crippen LogP contribution in [0.25, 0.3) is 29.3 Å². The van der Waals surface area contributed by atoms with Crippen LogP contribution in [-0.4, -0.2) is 27.4 Å². The molecule has 0 unspecified atom stereocenters. The van der Waals surface area contributed by atoms with Gasteiger partial charge < -0.3 is 18.9 Å². The van der Waals surface area contributed by atoms with Gasteiger partial charge in [-0.05, 0) is 152 Å². The van der Waals surface area contributed by atoms with Crippen molar-refractivity contribution in [3.63, 3.8) is 0 Å². The molecule has 2 aromatic carbocycles. The molecule has 10 heteroatoms. The number of hydrogen-bond acceptors (Lipinski definition) is 8. The Bertz CT molecular complexity index is 1980. The van der Waals surface area contributed by atoms with E-state index in [-0.39, 0.29) is 0 Å². The number of methoxy groups -OCH3 is 2. The van der Waals surface area contributed by atoms with Crippen LogP contribution in [0.2, 0.25) is 0 Å². The number of aryl methyl sites for hydroxylation is 2. The van der Waals surface area contributed by atoms with Crippen LogP contribution in [0.4, 0.5) is 0 Å². The average molecular weight is 985 g/mol. The van der Waals surface area contributed by atoms with Crippen LogP contribution >= 0.6 is 77.2 Å². The summed E-state index contributed by atoms with van der Waals surface area (Å²) in [5.74, 6) is 1.73. The smallest absolute Gasteiger partial charge is 0.118 e. The first-order valence-corrected chi connectivity index (χ1v) is 25.5. The molecule has 58 heavy (non-hydrogen) atoms. The van der Waals surface area contributed by atoms with E-state index in [1.165, 1.54) is 110 Å². The molecule has 4 aromatic heterocycles. The molecule has 0 N–H and O–H groups in total. The highest BCUT2D eigenvalue weighted by Crippen LogP contribution is 2.50. The normalized spacial score (nSPS) is 11.5. The second kappa shape index (κ2) is 23.6. The summed E-state index contributed by atoms with van der Waals surface area (Å²) in [6.07, 6.45) is 14.0. The molecule has 4 nitrogen and oxygen atoms in total. The van der Waals surface area contributed by atoms with Gasteiger partial charge in [0.15, 0.2) is 0 Å². The van der Waals surface area contributed by atoms with Crippen LogP contribution in [0.3, 0.4) is 0 Å². The lowest BCUT2D eigenvalue weighted by molar-refractivity contribution is 0.124. The molecule has 4 heterocycles. The summed E-state index contributed by atoms with van der Waals surface area (Å²) in [5, 5.41) is 0. The van der Waals surface area contributed by atoms with Gasteiger partial charge in [0, 0.05) is 29.3 Å². The number of thiophene rings is 4. The fourth-order valence-corrected chi connectivity index (χ4v) is 13.4. The number of halogens is 2. The first-order valence-electron chi connectivity index (χ1n) is 20.6. The molecule has 0 saturated heterocycles. The van der Waals surface area contributed by atoms with Gasteiger partial charge in [0.25, 0.3) is 0 Å². The zero-order valence-electron chi connectivity index (χ0n) is 34.3. The lowest BCUT2D eigenvalue weighted by atomic mass is 10.0. The van der Waals surface area contributed by atoms with Crippen molar-refractivity contribution in [1.29, 1.82) is 0 Å².